The van der Waals surface area contributed by atoms with E-state index in [4.69, 9.17) is 4.42 Å². The molecule has 1 atom stereocenters. The van der Waals surface area contributed by atoms with Gasteiger partial charge in [-0.1, -0.05) is 0 Å². The normalized spacial score (nSPS) is 12.0. The monoisotopic (exact) mass is 291 g/mol. The molecule has 2 amide bonds. The van der Waals surface area contributed by atoms with Crippen LogP contribution in [0.15, 0.2) is 22.8 Å². The van der Waals surface area contributed by atoms with Gasteiger partial charge in [-0.15, -0.1) is 0 Å². The number of nitrogens with zero attached hydrogens (tertiary/aromatic N) is 3. The molecule has 0 fully saturated rings. The van der Waals surface area contributed by atoms with Gasteiger partial charge in [-0.2, -0.15) is 5.10 Å². The fraction of sp³-hybridized carbons (Fsp3) is 0.385. The first-order valence-corrected chi connectivity index (χ1v) is 6.44. The van der Waals surface area contributed by atoms with Gasteiger partial charge in [-0.3, -0.25) is 14.7 Å². The van der Waals surface area contributed by atoms with Gasteiger partial charge in [-0.05, 0) is 26.0 Å². The third-order valence-corrected chi connectivity index (χ3v) is 2.86. The number of nitrogens with one attached hydrogen (secondary N) is 2. The minimum Gasteiger partial charge on any atom is -0.459 e. The van der Waals surface area contributed by atoms with Crippen LogP contribution in [0, 0.1) is 6.92 Å². The lowest BCUT2D eigenvalue weighted by Gasteiger charge is -2.20. The summed E-state index contributed by atoms with van der Waals surface area (Å²) in [6.45, 7) is 3.66. The summed E-state index contributed by atoms with van der Waals surface area (Å²) in [4.78, 5) is 29.6. The average Bonchev–Trinajstić information content (AvgIpc) is 3.09. The predicted octanol–water partition coefficient (Wildman–Crippen LogP) is 0.483. The molecule has 0 bridgehead atoms. The zero-order chi connectivity index (χ0) is 15.4. The molecule has 2 rings (SSSR count). The van der Waals surface area contributed by atoms with Crippen LogP contribution in [0.2, 0.25) is 0 Å². The molecule has 0 aliphatic rings. The van der Waals surface area contributed by atoms with Crippen LogP contribution in [0.5, 0.6) is 0 Å². The lowest BCUT2D eigenvalue weighted by Crippen LogP contribution is -2.45. The molecule has 8 nitrogen and oxygen atoms in total. The van der Waals surface area contributed by atoms with E-state index in [0.717, 1.165) is 0 Å². The molecule has 0 saturated heterocycles. The number of hydrogen-bond donors (Lipinski definition) is 2. The first-order chi connectivity index (χ1) is 9.97. The van der Waals surface area contributed by atoms with E-state index in [1.807, 2.05) is 0 Å². The van der Waals surface area contributed by atoms with Gasteiger partial charge in [-0.25, -0.2) is 4.98 Å². The molecule has 0 saturated carbocycles. The minimum absolute atomic E-state index is 0.168. The maximum atomic E-state index is 12.2. The smallest absolute Gasteiger partial charge is 0.287 e. The lowest BCUT2D eigenvalue weighted by atomic mass is 10.2. The highest BCUT2D eigenvalue weighted by atomic mass is 16.3. The van der Waals surface area contributed by atoms with Crippen molar-refractivity contribution in [1.82, 2.24) is 25.4 Å². The fourth-order valence-electron chi connectivity index (χ4n) is 1.82. The molecule has 112 valence electrons. The van der Waals surface area contributed by atoms with E-state index in [1.54, 1.807) is 27.0 Å². The number of aromatic nitrogens is 3. The van der Waals surface area contributed by atoms with E-state index in [2.05, 4.69) is 20.5 Å². The van der Waals surface area contributed by atoms with Gasteiger partial charge in [0, 0.05) is 7.05 Å². The highest BCUT2D eigenvalue weighted by Crippen LogP contribution is 2.03. The van der Waals surface area contributed by atoms with Crippen molar-refractivity contribution in [2.45, 2.75) is 26.4 Å². The van der Waals surface area contributed by atoms with Crippen molar-refractivity contribution in [3.63, 3.8) is 0 Å². The molecule has 0 aliphatic carbocycles. The second-order valence-electron chi connectivity index (χ2n) is 4.70. The number of furan rings is 1. The Morgan fingerprint density at radius 3 is 2.86 bits per heavy atom. The zero-order valence-corrected chi connectivity index (χ0v) is 12.1. The molecule has 1 unspecified atom stereocenters. The van der Waals surface area contributed by atoms with Crippen molar-refractivity contribution in [2.75, 3.05) is 7.05 Å². The quantitative estimate of drug-likeness (QED) is 0.834. The summed E-state index contributed by atoms with van der Waals surface area (Å²) >= 11 is 0. The number of H-pyrrole nitrogens is 1. The number of likely N-dealkylation sites (N-methyl/N-ethyl adjacent to an activating group) is 1. The molecule has 2 heterocycles. The van der Waals surface area contributed by atoms with Crippen molar-refractivity contribution >= 4 is 11.8 Å². The van der Waals surface area contributed by atoms with Crippen LogP contribution in [-0.4, -0.2) is 45.0 Å². The molecule has 0 spiro atoms. The van der Waals surface area contributed by atoms with E-state index < -0.39 is 11.9 Å². The molecule has 2 aromatic heterocycles. The Labute approximate surface area is 121 Å². The Morgan fingerprint density at radius 2 is 2.29 bits per heavy atom. The maximum Gasteiger partial charge on any atom is 0.287 e. The SMILES string of the molecule is Cc1nc(CN(C)C(=O)C(C)NC(=O)c2ccco2)n[nH]1. The Balaban J connectivity index is 1.90. The largest absolute Gasteiger partial charge is 0.459 e. The van der Waals surface area contributed by atoms with E-state index in [0.29, 0.717) is 11.6 Å². The van der Waals surface area contributed by atoms with E-state index in [9.17, 15) is 9.59 Å². The predicted molar refractivity (Wildman–Crippen MR) is 73.2 cm³/mol. The maximum absolute atomic E-state index is 12.2. The molecule has 0 aliphatic heterocycles. The molecule has 0 radical (unpaired) electrons. The summed E-state index contributed by atoms with van der Waals surface area (Å²) in [5.41, 5.74) is 0. The second kappa shape index (κ2) is 6.21. The number of aromatic amines is 1. The first kappa shape index (κ1) is 14.8. The summed E-state index contributed by atoms with van der Waals surface area (Å²) in [7, 11) is 1.63. The summed E-state index contributed by atoms with van der Waals surface area (Å²) in [6, 6.07) is 2.47. The third-order valence-electron chi connectivity index (χ3n) is 2.86. The summed E-state index contributed by atoms with van der Waals surface area (Å²) in [5.74, 6) is 0.708. The van der Waals surface area contributed by atoms with Crippen molar-refractivity contribution in [1.29, 1.82) is 0 Å². The molecule has 0 aromatic carbocycles. The standard InChI is InChI=1S/C13H17N5O3/c1-8(14-12(19)10-5-4-6-21-10)13(20)18(3)7-11-15-9(2)16-17-11/h4-6,8H,7H2,1-3H3,(H,14,19)(H,15,16,17). The van der Waals surface area contributed by atoms with E-state index in [1.165, 1.54) is 17.2 Å². The minimum atomic E-state index is -0.673. The molecule has 8 heteroatoms. The highest BCUT2D eigenvalue weighted by Gasteiger charge is 2.22. The lowest BCUT2D eigenvalue weighted by molar-refractivity contribution is -0.132. The number of rotatable bonds is 5. The Kier molecular flexibility index (Phi) is 4.36. The van der Waals surface area contributed by atoms with E-state index >= 15 is 0 Å². The van der Waals surface area contributed by atoms with Crippen LogP contribution in [0.25, 0.3) is 0 Å². The number of carbonyl (C=O) groups excluding carboxylic acids is 2. The summed E-state index contributed by atoms with van der Waals surface area (Å²) in [6.07, 6.45) is 1.40. The molecular weight excluding hydrogens is 274 g/mol. The van der Waals surface area contributed by atoms with Gasteiger partial charge >= 0.3 is 0 Å². The highest BCUT2D eigenvalue weighted by molar-refractivity contribution is 5.95. The van der Waals surface area contributed by atoms with Crippen molar-refractivity contribution in [3.05, 3.63) is 35.8 Å². The molecule has 2 aromatic rings. The molecule has 21 heavy (non-hydrogen) atoms. The molecule has 2 N–H and O–H groups in total. The van der Waals surface area contributed by atoms with Gasteiger partial charge in [0.15, 0.2) is 11.6 Å². The Morgan fingerprint density at radius 1 is 1.52 bits per heavy atom. The molecular formula is C13H17N5O3. The zero-order valence-electron chi connectivity index (χ0n) is 12.1. The van der Waals surface area contributed by atoms with Crippen LogP contribution in [0.1, 0.15) is 29.1 Å². The van der Waals surface area contributed by atoms with Crippen LogP contribution in [0.3, 0.4) is 0 Å². The second-order valence-corrected chi connectivity index (χ2v) is 4.70. The summed E-state index contributed by atoms with van der Waals surface area (Å²) < 4.78 is 4.97. The van der Waals surface area contributed by atoms with E-state index in [-0.39, 0.29) is 18.2 Å². The average molecular weight is 291 g/mol. The van der Waals surface area contributed by atoms with Gasteiger partial charge in [0.05, 0.1) is 12.8 Å². The topological polar surface area (TPSA) is 104 Å². The van der Waals surface area contributed by atoms with Gasteiger partial charge in [0.1, 0.15) is 11.9 Å². The van der Waals surface area contributed by atoms with Crippen molar-refractivity contribution < 1.29 is 14.0 Å². The fourth-order valence-corrected chi connectivity index (χ4v) is 1.82. The van der Waals surface area contributed by atoms with Crippen molar-refractivity contribution in [2.24, 2.45) is 0 Å². The third kappa shape index (κ3) is 3.68. The van der Waals surface area contributed by atoms with Crippen LogP contribution in [-0.2, 0) is 11.3 Å². The van der Waals surface area contributed by atoms with Crippen LogP contribution >= 0.6 is 0 Å². The van der Waals surface area contributed by atoms with Crippen LogP contribution in [0.4, 0.5) is 0 Å². The Hall–Kier alpha value is -2.64. The van der Waals surface area contributed by atoms with Gasteiger partial charge in [0.2, 0.25) is 5.91 Å². The number of hydrogen-bond acceptors (Lipinski definition) is 5. The van der Waals surface area contributed by atoms with Crippen molar-refractivity contribution in [3.8, 4) is 0 Å². The number of carbonyl (C=O) groups is 2. The number of aryl methyl sites for hydroxylation is 1. The summed E-state index contributed by atoms with van der Waals surface area (Å²) in [5, 5.41) is 9.26. The number of amides is 2. The van der Waals surface area contributed by atoms with Gasteiger partial charge < -0.3 is 14.6 Å². The first-order valence-electron chi connectivity index (χ1n) is 6.44. The Bertz CT molecular complexity index is 620. The van der Waals surface area contributed by atoms with Crippen LogP contribution < -0.4 is 5.32 Å². The van der Waals surface area contributed by atoms with Gasteiger partial charge in [0.25, 0.3) is 5.91 Å².